The first kappa shape index (κ1) is 24.4. The van der Waals surface area contributed by atoms with Gasteiger partial charge in [-0.2, -0.15) is 0 Å². The summed E-state index contributed by atoms with van der Waals surface area (Å²) in [5, 5.41) is 14.8. The number of imidazole rings is 1. The fraction of sp³-hybridized carbons (Fsp3) is 0.143. The summed E-state index contributed by atoms with van der Waals surface area (Å²) >= 11 is 7.20. The first-order chi connectivity index (χ1) is 16.6. The Labute approximate surface area is 234 Å². The van der Waals surface area contributed by atoms with Crippen LogP contribution in [-0.4, -0.2) is 15.5 Å². The van der Waals surface area contributed by atoms with Gasteiger partial charge in [-0.15, -0.1) is 0 Å². The third-order valence-corrected chi connectivity index (χ3v) is 7.77. The van der Waals surface area contributed by atoms with Crippen LogP contribution in [0.25, 0.3) is 27.5 Å². The van der Waals surface area contributed by atoms with Crippen molar-refractivity contribution in [3.63, 3.8) is 0 Å². The molecule has 0 spiro atoms. The normalized spacial score (nSPS) is 14.1. The van der Waals surface area contributed by atoms with Gasteiger partial charge in [-0.05, 0) is 65.6 Å². The molecular weight excluding hydrogens is 487 g/mol. The van der Waals surface area contributed by atoms with Crippen molar-refractivity contribution in [3.05, 3.63) is 101 Å². The van der Waals surface area contributed by atoms with Gasteiger partial charge in [-0.1, -0.05) is 78.0 Å². The Morgan fingerprint density at radius 3 is 2.34 bits per heavy atom. The van der Waals surface area contributed by atoms with Gasteiger partial charge in [0.25, 0.3) is 0 Å². The van der Waals surface area contributed by atoms with Crippen LogP contribution in [0.3, 0.4) is 0 Å². The third-order valence-electron chi connectivity index (χ3n) is 6.33. The van der Waals surface area contributed by atoms with Crippen LogP contribution in [-0.2, 0) is 4.79 Å². The predicted octanol–water partition coefficient (Wildman–Crippen LogP) is 3.30. The second kappa shape index (κ2) is 10.00. The van der Waals surface area contributed by atoms with Crippen molar-refractivity contribution in [2.45, 2.75) is 29.2 Å². The molecule has 0 radical (unpaired) electrons. The number of hydrogen-bond donors (Lipinski definition) is 0. The van der Waals surface area contributed by atoms with Gasteiger partial charge in [-0.25, -0.2) is 4.98 Å². The fourth-order valence-electron chi connectivity index (χ4n) is 4.56. The van der Waals surface area contributed by atoms with Gasteiger partial charge in [0.15, 0.2) is 5.16 Å². The van der Waals surface area contributed by atoms with Crippen molar-refractivity contribution in [1.82, 2.24) is 9.55 Å². The molecule has 168 valence electrons. The maximum Gasteiger partial charge on any atom is 1.00 e. The van der Waals surface area contributed by atoms with Crippen LogP contribution in [0.2, 0.25) is 5.02 Å². The summed E-state index contributed by atoms with van der Waals surface area (Å²) in [5.74, 6) is -0.542. The molecule has 1 heterocycles. The molecule has 0 amide bonds. The maximum atomic E-state index is 12.2. The standard InChI is InChI=1S/C28H21ClN2O2S.Na/c29-19-13-11-18(12-14-19)26(27(32)33)34-28-30-23-7-3-4-8-25(23)31(28)24-16-15-20(17-9-10-17)21-5-1-2-6-22(21)24;/h1-8,11-17,26H,9-10H2,(H,32,33);/q;+1/p-1. The molecule has 1 aliphatic rings. The molecule has 0 aliphatic heterocycles. The van der Waals surface area contributed by atoms with Gasteiger partial charge in [-0.3, -0.25) is 4.57 Å². The van der Waals surface area contributed by atoms with Crippen molar-refractivity contribution < 1.29 is 39.5 Å². The second-order valence-corrected chi connectivity index (χ2v) is 10.1. The van der Waals surface area contributed by atoms with Crippen LogP contribution >= 0.6 is 23.4 Å². The van der Waals surface area contributed by atoms with E-state index in [4.69, 9.17) is 16.6 Å². The molecule has 1 saturated carbocycles. The molecule has 4 aromatic carbocycles. The van der Waals surface area contributed by atoms with Gasteiger partial charge in [0.05, 0.1) is 27.9 Å². The number of aliphatic carboxylic acids is 1. The Morgan fingerprint density at radius 2 is 1.63 bits per heavy atom. The minimum Gasteiger partial charge on any atom is -0.549 e. The average molecular weight is 507 g/mol. The van der Waals surface area contributed by atoms with Crippen molar-refractivity contribution >= 4 is 51.1 Å². The van der Waals surface area contributed by atoms with Crippen LogP contribution in [0.5, 0.6) is 0 Å². The quantitative estimate of drug-likeness (QED) is 0.262. The van der Waals surface area contributed by atoms with Gasteiger partial charge < -0.3 is 9.90 Å². The largest absolute Gasteiger partial charge is 1.00 e. The van der Waals surface area contributed by atoms with Crippen LogP contribution in [0.15, 0.2) is 90.1 Å². The van der Waals surface area contributed by atoms with E-state index < -0.39 is 11.2 Å². The Hall–Kier alpha value is -2.28. The minimum atomic E-state index is -1.17. The zero-order valence-electron chi connectivity index (χ0n) is 19.1. The monoisotopic (exact) mass is 506 g/mol. The number of nitrogens with zero attached hydrogens (tertiary/aromatic N) is 2. The smallest absolute Gasteiger partial charge is 0.549 e. The number of thioether (sulfide) groups is 1. The van der Waals surface area contributed by atoms with E-state index in [0.717, 1.165) is 22.1 Å². The molecule has 1 aromatic heterocycles. The number of rotatable bonds is 6. The van der Waals surface area contributed by atoms with E-state index in [0.29, 0.717) is 21.7 Å². The molecule has 0 N–H and O–H groups in total. The Balaban J connectivity index is 0.00000253. The zero-order valence-corrected chi connectivity index (χ0v) is 22.7. The van der Waals surface area contributed by atoms with E-state index in [2.05, 4.69) is 34.9 Å². The number of carbonyl (C=O) groups excluding carboxylic acids is 1. The Morgan fingerprint density at radius 1 is 0.943 bits per heavy atom. The van der Waals surface area contributed by atoms with Gasteiger partial charge in [0.2, 0.25) is 0 Å². The molecule has 0 bridgehead atoms. The molecule has 1 aliphatic carbocycles. The van der Waals surface area contributed by atoms with E-state index in [9.17, 15) is 9.90 Å². The van der Waals surface area contributed by atoms with Crippen LogP contribution < -0.4 is 34.7 Å². The van der Waals surface area contributed by atoms with Crippen molar-refractivity contribution in [2.75, 3.05) is 0 Å². The van der Waals surface area contributed by atoms with Crippen LogP contribution in [0, 0.1) is 0 Å². The number of fused-ring (bicyclic) bond motifs is 2. The van der Waals surface area contributed by atoms with E-state index >= 15 is 0 Å². The number of para-hydroxylation sites is 2. The fourth-order valence-corrected chi connectivity index (χ4v) is 5.74. The van der Waals surface area contributed by atoms with E-state index in [-0.39, 0.29) is 29.6 Å². The molecule has 0 saturated heterocycles. The number of carboxylic acids is 1. The number of carbonyl (C=O) groups is 1. The number of halogens is 1. The molecule has 5 aromatic rings. The van der Waals surface area contributed by atoms with E-state index in [1.807, 2.05) is 30.3 Å². The summed E-state index contributed by atoms with van der Waals surface area (Å²) in [5.41, 5.74) is 4.73. The number of carboxylic acid groups (broad SMARTS) is 1. The van der Waals surface area contributed by atoms with E-state index in [1.165, 1.54) is 35.6 Å². The summed E-state index contributed by atoms with van der Waals surface area (Å²) in [6.07, 6.45) is 2.46. The summed E-state index contributed by atoms with van der Waals surface area (Å²) in [6, 6.07) is 27.5. The number of benzene rings is 4. The maximum absolute atomic E-state index is 12.2. The van der Waals surface area contributed by atoms with Crippen molar-refractivity contribution in [2.24, 2.45) is 0 Å². The molecule has 1 unspecified atom stereocenters. The van der Waals surface area contributed by atoms with Gasteiger partial charge in [0, 0.05) is 10.4 Å². The molecule has 4 nitrogen and oxygen atoms in total. The topological polar surface area (TPSA) is 57.9 Å². The third kappa shape index (κ3) is 4.64. The summed E-state index contributed by atoms with van der Waals surface area (Å²) in [4.78, 5) is 17.0. The summed E-state index contributed by atoms with van der Waals surface area (Å²) in [6.45, 7) is 0. The molecule has 6 rings (SSSR count). The van der Waals surface area contributed by atoms with Gasteiger partial charge in [0.1, 0.15) is 0 Å². The Bertz CT molecular complexity index is 1550. The zero-order chi connectivity index (χ0) is 23.2. The molecule has 1 fully saturated rings. The number of aromatic nitrogens is 2. The first-order valence-corrected chi connectivity index (χ1v) is 12.5. The predicted molar refractivity (Wildman–Crippen MR) is 136 cm³/mol. The second-order valence-electron chi connectivity index (χ2n) is 8.58. The van der Waals surface area contributed by atoms with Crippen LogP contribution in [0.4, 0.5) is 0 Å². The van der Waals surface area contributed by atoms with E-state index in [1.54, 1.807) is 24.3 Å². The minimum absolute atomic E-state index is 0. The van der Waals surface area contributed by atoms with Crippen molar-refractivity contribution in [3.8, 4) is 5.69 Å². The molecule has 35 heavy (non-hydrogen) atoms. The Kier molecular flexibility index (Phi) is 6.97. The van der Waals surface area contributed by atoms with Crippen molar-refractivity contribution in [1.29, 1.82) is 0 Å². The molecule has 1 atom stereocenters. The average Bonchev–Trinajstić information content (AvgIpc) is 3.63. The SMILES string of the molecule is O=C([O-])C(Sc1nc2ccccc2n1-c1ccc(C2CC2)c2ccccc12)c1ccc(Cl)cc1.[Na+]. The summed E-state index contributed by atoms with van der Waals surface area (Å²) in [7, 11) is 0. The molecule has 7 heteroatoms. The van der Waals surface area contributed by atoms with Gasteiger partial charge >= 0.3 is 29.6 Å². The summed E-state index contributed by atoms with van der Waals surface area (Å²) < 4.78 is 2.07. The number of hydrogen-bond acceptors (Lipinski definition) is 4. The molecular formula is C28H20ClN2NaO2S. The first-order valence-electron chi connectivity index (χ1n) is 11.2. The van der Waals surface area contributed by atoms with Crippen LogP contribution in [0.1, 0.15) is 35.1 Å².